The fraction of sp³-hybridized carbons (Fsp3) is 0.375. The van der Waals surface area contributed by atoms with Crippen molar-refractivity contribution in [3.63, 3.8) is 0 Å². The number of nitrogen functional groups attached to an aromatic ring is 1. The molecule has 0 aliphatic carbocycles. The van der Waals surface area contributed by atoms with Crippen molar-refractivity contribution >= 4 is 39.2 Å². The average Bonchev–Trinajstić information content (AvgIpc) is 2.98. The highest BCUT2D eigenvalue weighted by Crippen LogP contribution is 2.43. The summed E-state index contributed by atoms with van der Waals surface area (Å²) in [7, 11) is 0. The first-order chi connectivity index (χ1) is 14.5. The van der Waals surface area contributed by atoms with Gasteiger partial charge in [-0.3, -0.25) is 4.79 Å². The van der Waals surface area contributed by atoms with Crippen molar-refractivity contribution in [2.24, 2.45) is 0 Å². The van der Waals surface area contributed by atoms with E-state index >= 15 is 0 Å². The number of carbonyl (C=O) groups is 2. The van der Waals surface area contributed by atoms with Crippen molar-refractivity contribution in [3.05, 3.63) is 46.0 Å². The van der Waals surface area contributed by atoms with Crippen molar-refractivity contribution in [1.82, 2.24) is 4.98 Å². The summed E-state index contributed by atoms with van der Waals surface area (Å²) in [4.78, 5) is 31.3. The zero-order chi connectivity index (χ0) is 22.9. The second kappa shape index (κ2) is 8.67. The van der Waals surface area contributed by atoms with E-state index in [1.807, 2.05) is 52.0 Å². The summed E-state index contributed by atoms with van der Waals surface area (Å²) in [6, 6.07) is 7.96. The Labute approximate surface area is 186 Å². The Morgan fingerprint density at radius 1 is 1.19 bits per heavy atom. The van der Waals surface area contributed by atoms with Gasteiger partial charge in [-0.25, -0.2) is 9.78 Å². The molecule has 1 aromatic carbocycles. The number of ether oxygens (including phenoxy) is 2. The average molecular weight is 441 g/mol. The number of thiophene rings is 1. The van der Waals surface area contributed by atoms with E-state index in [4.69, 9.17) is 15.2 Å². The lowest BCUT2D eigenvalue weighted by Gasteiger charge is -2.19. The lowest BCUT2D eigenvalue weighted by molar-refractivity contribution is -0.153. The molecule has 0 saturated carbocycles. The standard InChI is InChI=1S/C24H28N2O4S/c1-7-29-23(28)18-14(3)26-22-20(21(18)25)19(15-10-8-9-13(2)11-15)16(31-22)12-17(27)30-24(4,5)6/h8-11H,7,12H2,1-6H3,(H2,25,26). The van der Waals surface area contributed by atoms with Crippen LogP contribution in [0.25, 0.3) is 21.3 Å². The summed E-state index contributed by atoms with van der Waals surface area (Å²) >= 11 is 1.40. The van der Waals surface area contributed by atoms with Crippen LogP contribution < -0.4 is 5.73 Å². The number of pyridine rings is 1. The molecule has 0 bridgehead atoms. The lowest BCUT2D eigenvalue weighted by atomic mass is 9.97. The number of aromatic nitrogens is 1. The van der Waals surface area contributed by atoms with E-state index < -0.39 is 11.6 Å². The van der Waals surface area contributed by atoms with E-state index in [0.717, 1.165) is 21.6 Å². The largest absolute Gasteiger partial charge is 0.462 e. The van der Waals surface area contributed by atoms with Gasteiger partial charge >= 0.3 is 11.9 Å². The maximum absolute atomic E-state index is 12.6. The SMILES string of the molecule is CCOC(=O)c1c(C)nc2sc(CC(=O)OC(C)(C)C)c(-c3cccc(C)c3)c2c1N. The number of esters is 2. The fourth-order valence-electron chi connectivity index (χ4n) is 3.52. The van der Waals surface area contributed by atoms with Gasteiger partial charge in [0.05, 0.1) is 24.4 Å². The van der Waals surface area contributed by atoms with Gasteiger partial charge in [0, 0.05) is 15.8 Å². The van der Waals surface area contributed by atoms with Gasteiger partial charge in [0.15, 0.2) is 0 Å². The molecule has 0 amide bonds. The number of hydrogen-bond acceptors (Lipinski definition) is 7. The Bertz CT molecular complexity index is 1160. The van der Waals surface area contributed by atoms with Gasteiger partial charge < -0.3 is 15.2 Å². The zero-order valence-corrected chi connectivity index (χ0v) is 19.6. The molecule has 0 atom stereocenters. The first-order valence-electron chi connectivity index (χ1n) is 10.2. The molecule has 164 valence electrons. The quantitative estimate of drug-likeness (QED) is 0.547. The molecule has 2 N–H and O–H groups in total. The number of rotatable bonds is 5. The second-order valence-corrected chi connectivity index (χ2v) is 9.50. The van der Waals surface area contributed by atoms with Gasteiger partial charge in [-0.1, -0.05) is 29.8 Å². The summed E-state index contributed by atoms with van der Waals surface area (Å²) in [5, 5.41) is 0.669. The highest BCUT2D eigenvalue weighted by Gasteiger charge is 2.26. The molecule has 31 heavy (non-hydrogen) atoms. The second-order valence-electron chi connectivity index (χ2n) is 8.42. The molecule has 2 heterocycles. The van der Waals surface area contributed by atoms with Crippen LogP contribution in [0.5, 0.6) is 0 Å². The molecule has 3 rings (SSSR count). The molecular formula is C24H28N2O4S. The van der Waals surface area contributed by atoms with Crippen molar-refractivity contribution in [1.29, 1.82) is 0 Å². The maximum atomic E-state index is 12.6. The number of carbonyl (C=O) groups excluding carboxylic acids is 2. The van der Waals surface area contributed by atoms with Crippen molar-refractivity contribution in [2.45, 2.75) is 53.6 Å². The molecule has 3 aromatic rings. The summed E-state index contributed by atoms with van der Waals surface area (Å²) in [6.45, 7) is 11.2. The third-order valence-corrected chi connectivity index (χ3v) is 5.73. The normalized spacial score (nSPS) is 11.5. The maximum Gasteiger partial charge on any atom is 0.342 e. The van der Waals surface area contributed by atoms with Crippen LogP contribution in [0.4, 0.5) is 5.69 Å². The number of nitrogens with zero attached hydrogens (tertiary/aromatic N) is 1. The minimum absolute atomic E-state index is 0.0921. The molecule has 0 radical (unpaired) electrons. The van der Waals surface area contributed by atoms with Gasteiger partial charge in [0.2, 0.25) is 0 Å². The Morgan fingerprint density at radius 3 is 2.52 bits per heavy atom. The van der Waals surface area contributed by atoms with Crippen LogP contribution in [-0.4, -0.2) is 29.1 Å². The van der Waals surface area contributed by atoms with E-state index in [9.17, 15) is 9.59 Å². The van der Waals surface area contributed by atoms with Crippen LogP contribution >= 0.6 is 11.3 Å². The van der Waals surface area contributed by atoms with E-state index in [0.29, 0.717) is 21.6 Å². The minimum Gasteiger partial charge on any atom is -0.462 e. The number of fused-ring (bicyclic) bond motifs is 1. The van der Waals surface area contributed by atoms with Crippen LogP contribution in [-0.2, 0) is 20.7 Å². The number of hydrogen-bond donors (Lipinski definition) is 1. The third-order valence-electron chi connectivity index (χ3n) is 4.64. The number of nitrogens with two attached hydrogens (primary N) is 1. The van der Waals surface area contributed by atoms with E-state index in [-0.39, 0.29) is 24.6 Å². The monoisotopic (exact) mass is 440 g/mol. The van der Waals surface area contributed by atoms with E-state index in [1.165, 1.54) is 11.3 Å². The summed E-state index contributed by atoms with van der Waals surface area (Å²) in [5.74, 6) is -0.823. The van der Waals surface area contributed by atoms with Gasteiger partial charge in [0.1, 0.15) is 16.0 Å². The zero-order valence-electron chi connectivity index (χ0n) is 18.8. The molecule has 6 nitrogen and oxygen atoms in total. The first kappa shape index (κ1) is 22.7. The van der Waals surface area contributed by atoms with E-state index in [1.54, 1.807) is 13.8 Å². The first-order valence-corrected chi connectivity index (χ1v) is 11.0. The van der Waals surface area contributed by atoms with Crippen LogP contribution in [0, 0.1) is 13.8 Å². The fourth-order valence-corrected chi connectivity index (χ4v) is 4.76. The Kier molecular flexibility index (Phi) is 6.36. The molecule has 0 fully saturated rings. The predicted molar refractivity (Wildman–Crippen MR) is 124 cm³/mol. The van der Waals surface area contributed by atoms with Crippen LogP contribution in [0.3, 0.4) is 0 Å². The van der Waals surface area contributed by atoms with Crippen molar-refractivity contribution in [2.75, 3.05) is 12.3 Å². The number of benzene rings is 1. The van der Waals surface area contributed by atoms with Gasteiger partial charge in [-0.2, -0.15) is 0 Å². The highest BCUT2D eigenvalue weighted by atomic mass is 32.1. The topological polar surface area (TPSA) is 91.5 Å². The summed E-state index contributed by atoms with van der Waals surface area (Å²) in [6.07, 6.45) is 0.0921. The smallest absolute Gasteiger partial charge is 0.342 e. The third kappa shape index (κ3) is 4.88. The Morgan fingerprint density at radius 2 is 1.90 bits per heavy atom. The molecular weight excluding hydrogens is 412 g/mol. The summed E-state index contributed by atoms with van der Waals surface area (Å²) in [5.41, 5.74) is 9.83. The lowest BCUT2D eigenvalue weighted by Crippen LogP contribution is -2.24. The minimum atomic E-state index is -0.581. The molecule has 2 aromatic heterocycles. The molecule has 7 heteroatoms. The molecule has 0 aliphatic rings. The molecule has 0 saturated heterocycles. The predicted octanol–water partition coefficient (Wildman–Crippen LogP) is 5.22. The van der Waals surface area contributed by atoms with Gasteiger partial charge in [0.25, 0.3) is 0 Å². The Hall–Kier alpha value is -2.93. The van der Waals surface area contributed by atoms with E-state index in [2.05, 4.69) is 4.98 Å². The Balaban J connectivity index is 2.26. The van der Waals surface area contributed by atoms with Gasteiger partial charge in [-0.05, 0) is 47.1 Å². The molecule has 0 aliphatic heterocycles. The van der Waals surface area contributed by atoms with Crippen molar-refractivity contribution < 1.29 is 19.1 Å². The van der Waals surface area contributed by atoms with Crippen LogP contribution in [0.2, 0.25) is 0 Å². The van der Waals surface area contributed by atoms with Crippen LogP contribution in [0.1, 0.15) is 54.2 Å². The number of anilines is 1. The number of aryl methyl sites for hydroxylation is 2. The summed E-state index contributed by atoms with van der Waals surface area (Å²) < 4.78 is 10.7. The molecule has 0 spiro atoms. The van der Waals surface area contributed by atoms with Gasteiger partial charge in [-0.15, -0.1) is 11.3 Å². The highest BCUT2D eigenvalue weighted by molar-refractivity contribution is 7.19. The van der Waals surface area contributed by atoms with Crippen molar-refractivity contribution in [3.8, 4) is 11.1 Å². The molecule has 0 unspecified atom stereocenters. The van der Waals surface area contributed by atoms with Crippen LogP contribution in [0.15, 0.2) is 24.3 Å².